The van der Waals surface area contributed by atoms with Crippen LogP contribution in [0.5, 0.6) is 0 Å². The van der Waals surface area contributed by atoms with Crippen LogP contribution in [0, 0.1) is 0 Å². The summed E-state index contributed by atoms with van der Waals surface area (Å²) >= 11 is 0. The second kappa shape index (κ2) is 12.3. The van der Waals surface area contributed by atoms with E-state index in [1.54, 1.807) is 0 Å². The third kappa shape index (κ3) is 4.86. The van der Waals surface area contributed by atoms with Crippen LogP contribution >= 0.6 is 0 Å². The molecule has 0 saturated heterocycles. The van der Waals surface area contributed by atoms with Crippen molar-refractivity contribution < 1.29 is 4.42 Å². The van der Waals surface area contributed by atoms with Crippen molar-refractivity contribution in [3.05, 3.63) is 182 Å². The molecule has 0 amide bonds. The van der Waals surface area contributed by atoms with Gasteiger partial charge in [0.05, 0.1) is 27.8 Å². The van der Waals surface area contributed by atoms with Crippen molar-refractivity contribution in [2.45, 2.75) is 0 Å². The van der Waals surface area contributed by atoms with Crippen LogP contribution in [0.25, 0.3) is 111 Å². The summed E-state index contributed by atoms with van der Waals surface area (Å²) in [5.74, 6) is 2.61. The quantitative estimate of drug-likeness (QED) is 0.176. The van der Waals surface area contributed by atoms with Gasteiger partial charge in [-0.2, -0.15) is 9.97 Å². The molecule has 0 aliphatic heterocycles. The van der Waals surface area contributed by atoms with Gasteiger partial charge in [-0.1, -0.05) is 127 Å². The van der Waals surface area contributed by atoms with Gasteiger partial charge in [0.1, 0.15) is 17.0 Å². The van der Waals surface area contributed by atoms with Crippen molar-refractivity contribution in [2.24, 2.45) is 0 Å². The molecule has 57 heavy (non-hydrogen) atoms. The highest BCUT2D eigenvalue weighted by Gasteiger charge is 2.23. The Kier molecular flexibility index (Phi) is 6.79. The van der Waals surface area contributed by atoms with Crippen LogP contribution in [0.3, 0.4) is 0 Å². The van der Waals surface area contributed by atoms with Crippen molar-refractivity contribution in [3.63, 3.8) is 0 Å². The summed E-state index contributed by atoms with van der Waals surface area (Å²) in [5, 5.41) is 6.66. The lowest BCUT2D eigenvalue weighted by molar-refractivity contribution is 0.669. The van der Waals surface area contributed by atoms with Gasteiger partial charge in [-0.15, -0.1) is 0 Å². The first-order valence-electron chi connectivity index (χ1n) is 19.0. The van der Waals surface area contributed by atoms with E-state index in [-0.39, 0.29) is 0 Å². The molecule has 0 N–H and O–H groups in total. The van der Waals surface area contributed by atoms with E-state index < -0.39 is 0 Å². The number of furan rings is 1. The molecule has 7 aromatic carbocycles. The number of rotatable bonds is 5. The molecule has 266 valence electrons. The predicted octanol–water partition coefficient (Wildman–Crippen LogP) is 12.4. The Morgan fingerprint density at radius 3 is 1.75 bits per heavy atom. The highest BCUT2D eigenvalue weighted by molar-refractivity contribution is 6.26. The van der Waals surface area contributed by atoms with Gasteiger partial charge in [0, 0.05) is 49.0 Å². The molecule has 0 radical (unpaired) electrons. The molecule has 0 fully saturated rings. The third-order valence-electron chi connectivity index (χ3n) is 11.0. The highest BCUT2D eigenvalue weighted by atomic mass is 16.3. The molecule has 0 aliphatic carbocycles. The van der Waals surface area contributed by atoms with Crippen LogP contribution in [0.15, 0.2) is 186 Å². The molecule has 0 unspecified atom stereocenters. The van der Waals surface area contributed by atoms with Gasteiger partial charge in [-0.3, -0.25) is 9.13 Å². The van der Waals surface area contributed by atoms with E-state index in [0.717, 1.165) is 93.8 Å². The lowest BCUT2D eigenvalue weighted by Gasteiger charge is -2.11. The molecular formula is C50H30N6O. The highest BCUT2D eigenvalue weighted by Crippen LogP contribution is 2.42. The fourth-order valence-corrected chi connectivity index (χ4v) is 8.45. The number of para-hydroxylation sites is 3. The van der Waals surface area contributed by atoms with Gasteiger partial charge in [0.25, 0.3) is 0 Å². The third-order valence-corrected chi connectivity index (χ3v) is 11.0. The van der Waals surface area contributed by atoms with Gasteiger partial charge < -0.3 is 4.42 Å². The average Bonchev–Trinajstić information content (AvgIpc) is 3.94. The fourth-order valence-electron chi connectivity index (χ4n) is 8.45. The Morgan fingerprint density at radius 1 is 0.368 bits per heavy atom. The molecule has 7 nitrogen and oxygen atoms in total. The zero-order chi connectivity index (χ0) is 37.5. The van der Waals surface area contributed by atoms with Crippen molar-refractivity contribution >= 4 is 65.6 Å². The van der Waals surface area contributed by atoms with Crippen LogP contribution in [-0.2, 0) is 0 Å². The Bertz CT molecular complexity index is 3470. The van der Waals surface area contributed by atoms with Gasteiger partial charge in [0.15, 0.2) is 11.6 Å². The summed E-state index contributed by atoms with van der Waals surface area (Å²) in [5.41, 5.74) is 9.64. The van der Waals surface area contributed by atoms with E-state index in [1.807, 2.05) is 84.9 Å². The minimum absolute atomic E-state index is 0.554. The SMILES string of the molecule is c1ccc(-c2nc(-c3ccccc3)nc(-n3c4ccccc4c4c3ccc3c5ccccc5n(-c5cccc(-c6ccc7oc8ccccc8c7c6)n5)c34)n2)cc1. The minimum atomic E-state index is 0.554. The minimum Gasteiger partial charge on any atom is -0.456 e. The summed E-state index contributed by atoms with van der Waals surface area (Å²) in [6, 6.07) is 62.5. The van der Waals surface area contributed by atoms with Gasteiger partial charge in [-0.25, -0.2) is 9.97 Å². The van der Waals surface area contributed by atoms with Crippen molar-refractivity contribution in [1.29, 1.82) is 0 Å². The maximum absolute atomic E-state index is 6.15. The second-order valence-corrected chi connectivity index (χ2v) is 14.3. The number of aromatic nitrogens is 6. The van der Waals surface area contributed by atoms with E-state index in [4.69, 9.17) is 24.4 Å². The average molecular weight is 731 g/mol. The monoisotopic (exact) mass is 730 g/mol. The molecule has 0 atom stereocenters. The molecule has 12 aromatic rings. The van der Waals surface area contributed by atoms with Crippen molar-refractivity contribution in [1.82, 2.24) is 29.1 Å². The van der Waals surface area contributed by atoms with E-state index in [9.17, 15) is 0 Å². The molecule has 7 heteroatoms. The fraction of sp³-hybridized carbons (Fsp3) is 0. The second-order valence-electron chi connectivity index (χ2n) is 14.3. The van der Waals surface area contributed by atoms with Gasteiger partial charge in [0.2, 0.25) is 5.95 Å². The maximum atomic E-state index is 6.15. The Labute approximate surface area is 325 Å². The van der Waals surface area contributed by atoms with Crippen LogP contribution < -0.4 is 0 Å². The normalized spacial score (nSPS) is 11.9. The Hall–Kier alpha value is -7.90. The van der Waals surface area contributed by atoms with Crippen LogP contribution in [0.4, 0.5) is 0 Å². The number of nitrogens with zero attached hydrogens (tertiary/aromatic N) is 6. The lowest BCUT2D eigenvalue weighted by atomic mass is 10.1. The Balaban J connectivity index is 1.13. The van der Waals surface area contributed by atoms with Crippen LogP contribution in [0.2, 0.25) is 0 Å². The summed E-state index contributed by atoms with van der Waals surface area (Å²) in [6.45, 7) is 0. The standard InChI is InChI=1S/C50H30N6O/c1-3-14-31(15-4-1)48-52-49(32-16-5-2-6-17-32)54-50(53-48)55-41-23-11-8-20-37(41)46-42(55)28-27-36-34-18-7-10-22-40(34)56(47(36)46)45-25-13-21-39(51-45)33-26-29-44-38(30-33)35-19-9-12-24-43(35)57-44/h1-30H. The molecule has 5 heterocycles. The molecular weight excluding hydrogens is 701 g/mol. The molecule has 12 rings (SSSR count). The maximum Gasteiger partial charge on any atom is 0.238 e. The van der Waals surface area contributed by atoms with E-state index >= 15 is 0 Å². The topological polar surface area (TPSA) is 74.6 Å². The Morgan fingerprint density at radius 2 is 1.00 bits per heavy atom. The number of hydrogen-bond donors (Lipinski definition) is 0. The molecule has 0 saturated carbocycles. The summed E-state index contributed by atoms with van der Waals surface area (Å²) < 4.78 is 10.6. The summed E-state index contributed by atoms with van der Waals surface area (Å²) in [4.78, 5) is 20.7. The number of pyridine rings is 1. The van der Waals surface area contributed by atoms with Crippen molar-refractivity contribution in [2.75, 3.05) is 0 Å². The lowest BCUT2D eigenvalue weighted by Crippen LogP contribution is -2.06. The molecule has 0 aliphatic rings. The number of hydrogen-bond acceptors (Lipinski definition) is 5. The zero-order valence-electron chi connectivity index (χ0n) is 30.4. The van der Waals surface area contributed by atoms with E-state index in [2.05, 4.69) is 106 Å². The zero-order valence-corrected chi connectivity index (χ0v) is 30.4. The summed E-state index contributed by atoms with van der Waals surface area (Å²) in [6.07, 6.45) is 0. The van der Waals surface area contributed by atoms with E-state index in [0.29, 0.717) is 17.6 Å². The first kappa shape index (κ1) is 31.5. The molecule has 0 spiro atoms. The predicted molar refractivity (Wildman–Crippen MR) is 230 cm³/mol. The largest absolute Gasteiger partial charge is 0.456 e. The number of benzene rings is 7. The first-order valence-corrected chi connectivity index (χ1v) is 19.0. The van der Waals surface area contributed by atoms with Gasteiger partial charge >= 0.3 is 0 Å². The molecule has 0 bridgehead atoms. The van der Waals surface area contributed by atoms with Crippen LogP contribution in [0.1, 0.15) is 0 Å². The van der Waals surface area contributed by atoms with E-state index in [1.165, 1.54) is 0 Å². The van der Waals surface area contributed by atoms with Gasteiger partial charge in [-0.05, 0) is 54.6 Å². The van der Waals surface area contributed by atoms with Crippen molar-refractivity contribution in [3.8, 4) is 45.8 Å². The smallest absolute Gasteiger partial charge is 0.238 e. The molecule has 5 aromatic heterocycles. The number of fused-ring (bicyclic) bond motifs is 10. The summed E-state index contributed by atoms with van der Waals surface area (Å²) in [7, 11) is 0. The first-order chi connectivity index (χ1) is 28.3. The van der Waals surface area contributed by atoms with Crippen LogP contribution in [-0.4, -0.2) is 29.1 Å².